The molecule has 0 aromatic heterocycles. The largest absolute Gasteiger partial charge is 0.493 e. The van der Waals surface area contributed by atoms with E-state index in [2.05, 4.69) is 41.9 Å². The molecule has 3 nitrogen and oxygen atoms in total. The van der Waals surface area contributed by atoms with Crippen LogP contribution >= 0.6 is 15.9 Å². The molecule has 0 amide bonds. The number of hydrogen-bond donors (Lipinski definition) is 1. The van der Waals surface area contributed by atoms with E-state index in [0.717, 1.165) is 41.7 Å². The van der Waals surface area contributed by atoms with Gasteiger partial charge in [0.05, 0.1) is 19.8 Å². The van der Waals surface area contributed by atoms with Crippen molar-refractivity contribution in [1.29, 1.82) is 0 Å². The fraction of sp³-hybridized carbons (Fsp3) is 0.600. The lowest BCUT2D eigenvalue weighted by atomic mass is 9.96. The SMILES string of the molecule is CCC(N)(CC)COCc1cc(Br)cc2c1OCC2. The third kappa shape index (κ3) is 3.50. The van der Waals surface area contributed by atoms with E-state index in [9.17, 15) is 0 Å². The van der Waals surface area contributed by atoms with E-state index in [1.54, 1.807) is 0 Å². The van der Waals surface area contributed by atoms with Gasteiger partial charge in [0.25, 0.3) is 0 Å². The van der Waals surface area contributed by atoms with Crippen molar-refractivity contribution in [2.24, 2.45) is 5.73 Å². The van der Waals surface area contributed by atoms with Crippen LogP contribution < -0.4 is 10.5 Å². The second-order valence-electron chi connectivity index (χ2n) is 5.21. The van der Waals surface area contributed by atoms with E-state index >= 15 is 0 Å². The maximum absolute atomic E-state index is 6.24. The molecule has 0 saturated heterocycles. The molecule has 0 fully saturated rings. The lowest BCUT2D eigenvalue weighted by Crippen LogP contribution is -2.43. The molecule has 0 radical (unpaired) electrons. The molecule has 1 aliphatic rings. The number of rotatable bonds is 6. The highest BCUT2D eigenvalue weighted by Crippen LogP contribution is 2.33. The molecular formula is C15H22BrNO2. The zero-order valence-electron chi connectivity index (χ0n) is 11.7. The highest BCUT2D eigenvalue weighted by molar-refractivity contribution is 9.10. The predicted octanol–water partition coefficient (Wildman–Crippen LogP) is 3.42. The van der Waals surface area contributed by atoms with Gasteiger partial charge >= 0.3 is 0 Å². The molecule has 0 spiro atoms. The van der Waals surface area contributed by atoms with Gasteiger partial charge in [-0.1, -0.05) is 29.8 Å². The first kappa shape index (κ1) is 14.8. The van der Waals surface area contributed by atoms with Gasteiger partial charge in [-0.15, -0.1) is 0 Å². The topological polar surface area (TPSA) is 44.5 Å². The number of nitrogens with two attached hydrogens (primary N) is 1. The average Bonchev–Trinajstić information content (AvgIpc) is 2.86. The monoisotopic (exact) mass is 327 g/mol. The summed E-state index contributed by atoms with van der Waals surface area (Å²) >= 11 is 3.54. The van der Waals surface area contributed by atoms with Crippen molar-refractivity contribution in [2.45, 2.75) is 45.3 Å². The maximum Gasteiger partial charge on any atom is 0.128 e. The van der Waals surface area contributed by atoms with Crippen molar-refractivity contribution in [1.82, 2.24) is 0 Å². The van der Waals surface area contributed by atoms with Crippen molar-refractivity contribution in [2.75, 3.05) is 13.2 Å². The summed E-state index contributed by atoms with van der Waals surface area (Å²) in [5.74, 6) is 0.999. The molecule has 19 heavy (non-hydrogen) atoms. The van der Waals surface area contributed by atoms with Gasteiger partial charge in [-0.3, -0.25) is 0 Å². The van der Waals surface area contributed by atoms with Crippen LogP contribution in [0.15, 0.2) is 16.6 Å². The van der Waals surface area contributed by atoms with Crippen LogP contribution in [0.5, 0.6) is 5.75 Å². The highest BCUT2D eigenvalue weighted by atomic mass is 79.9. The highest BCUT2D eigenvalue weighted by Gasteiger charge is 2.22. The van der Waals surface area contributed by atoms with Crippen LogP contribution in [0.25, 0.3) is 0 Å². The lowest BCUT2D eigenvalue weighted by molar-refractivity contribution is 0.0684. The minimum Gasteiger partial charge on any atom is -0.493 e. The zero-order chi connectivity index (χ0) is 13.9. The summed E-state index contributed by atoms with van der Waals surface area (Å²) in [6.45, 7) is 6.12. The maximum atomic E-state index is 6.24. The van der Waals surface area contributed by atoms with Crippen LogP contribution in [0, 0.1) is 0 Å². The molecular weight excluding hydrogens is 306 g/mol. The summed E-state index contributed by atoms with van der Waals surface area (Å²) in [4.78, 5) is 0. The Bertz CT molecular complexity index is 444. The van der Waals surface area contributed by atoms with Crippen LogP contribution in [0.3, 0.4) is 0 Å². The number of ether oxygens (including phenoxy) is 2. The first-order chi connectivity index (χ1) is 9.08. The quantitative estimate of drug-likeness (QED) is 0.870. The molecule has 1 heterocycles. The van der Waals surface area contributed by atoms with Gasteiger partial charge < -0.3 is 15.2 Å². The van der Waals surface area contributed by atoms with E-state index in [0.29, 0.717) is 13.2 Å². The van der Waals surface area contributed by atoms with Gasteiger partial charge in [-0.05, 0) is 30.5 Å². The fourth-order valence-corrected chi connectivity index (χ4v) is 2.82. The summed E-state index contributed by atoms with van der Waals surface area (Å²) in [5.41, 5.74) is 8.40. The minimum atomic E-state index is -0.212. The molecule has 2 rings (SSSR count). The van der Waals surface area contributed by atoms with Crippen molar-refractivity contribution in [3.63, 3.8) is 0 Å². The van der Waals surface area contributed by atoms with Crippen LogP contribution in [0.4, 0.5) is 0 Å². The molecule has 0 atom stereocenters. The zero-order valence-corrected chi connectivity index (χ0v) is 13.3. The van der Waals surface area contributed by atoms with Gasteiger partial charge in [-0.2, -0.15) is 0 Å². The van der Waals surface area contributed by atoms with E-state index in [1.165, 1.54) is 5.56 Å². The van der Waals surface area contributed by atoms with Crippen molar-refractivity contribution in [3.05, 3.63) is 27.7 Å². The Hall–Kier alpha value is -0.580. The van der Waals surface area contributed by atoms with Crippen molar-refractivity contribution < 1.29 is 9.47 Å². The lowest BCUT2D eigenvalue weighted by Gasteiger charge is -2.26. The van der Waals surface area contributed by atoms with Crippen LogP contribution in [-0.4, -0.2) is 18.8 Å². The Morgan fingerprint density at radius 1 is 1.37 bits per heavy atom. The van der Waals surface area contributed by atoms with E-state index in [4.69, 9.17) is 15.2 Å². The van der Waals surface area contributed by atoms with Crippen molar-refractivity contribution >= 4 is 15.9 Å². The standard InChI is InChI=1S/C15H22BrNO2/c1-3-15(17,4-2)10-18-9-12-8-13(16)7-11-5-6-19-14(11)12/h7-8H,3-6,9-10,17H2,1-2H3. The molecule has 0 aliphatic carbocycles. The normalized spacial score (nSPS) is 14.3. The van der Waals surface area contributed by atoms with Crippen molar-refractivity contribution in [3.8, 4) is 5.75 Å². The molecule has 0 unspecified atom stereocenters. The van der Waals surface area contributed by atoms with E-state index in [-0.39, 0.29) is 5.54 Å². The summed E-state index contributed by atoms with van der Waals surface area (Å²) in [6.07, 6.45) is 2.83. The molecule has 2 N–H and O–H groups in total. The van der Waals surface area contributed by atoms with Gasteiger partial charge in [0.2, 0.25) is 0 Å². The van der Waals surface area contributed by atoms with Crippen LogP contribution in [-0.2, 0) is 17.8 Å². The molecule has 1 aliphatic heterocycles. The Balaban J connectivity index is 2.01. The number of hydrogen-bond acceptors (Lipinski definition) is 3. The summed E-state index contributed by atoms with van der Waals surface area (Å²) in [6, 6.07) is 4.19. The summed E-state index contributed by atoms with van der Waals surface area (Å²) in [5, 5.41) is 0. The minimum absolute atomic E-state index is 0.212. The molecule has 0 bridgehead atoms. The molecule has 1 aromatic carbocycles. The Morgan fingerprint density at radius 2 is 2.11 bits per heavy atom. The third-order valence-corrected chi connectivity index (χ3v) is 4.34. The van der Waals surface area contributed by atoms with E-state index < -0.39 is 0 Å². The Kier molecular flexibility index (Phi) is 4.87. The second-order valence-corrected chi connectivity index (χ2v) is 6.13. The predicted molar refractivity (Wildman–Crippen MR) is 80.5 cm³/mol. The second kappa shape index (κ2) is 6.25. The van der Waals surface area contributed by atoms with Gasteiger partial charge in [0, 0.05) is 22.0 Å². The fourth-order valence-electron chi connectivity index (χ4n) is 2.27. The molecule has 4 heteroatoms. The smallest absolute Gasteiger partial charge is 0.128 e. The average molecular weight is 328 g/mol. The van der Waals surface area contributed by atoms with Gasteiger partial charge in [0.15, 0.2) is 0 Å². The molecule has 0 saturated carbocycles. The molecule has 1 aromatic rings. The number of halogens is 1. The Labute approximate surface area is 123 Å². The number of fused-ring (bicyclic) bond motifs is 1. The summed E-state index contributed by atoms with van der Waals surface area (Å²) < 4.78 is 12.6. The van der Waals surface area contributed by atoms with Gasteiger partial charge in [0.1, 0.15) is 5.75 Å². The van der Waals surface area contributed by atoms with Crippen LogP contribution in [0.2, 0.25) is 0 Å². The third-order valence-electron chi connectivity index (χ3n) is 3.88. The van der Waals surface area contributed by atoms with E-state index in [1.807, 2.05) is 0 Å². The first-order valence-electron chi connectivity index (χ1n) is 6.88. The van der Waals surface area contributed by atoms with Crippen LogP contribution in [0.1, 0.15) is 37.8 Å². The van der Waals surface area contributed by atoms with Gasteiger partial charge in [-0.25, -0.2) is 0 Å². The molecule has 106 valence electrons. The summed E-state index contributed by atoms with van der Waals surface area (Å²) in [7, 11) is 0. The first-order valence-corrected chi connectivity index (χ1v) is 7.68. The number of benzene rings is 1. The Morgan fingerprint density at radius 3 is 2.79 bits per heavy atom.